The van der Waals surface area contributed by atoms with Crippen LogP contribution in [0.4, 0.5) is 0 Å². The highest BCUT2D eigenvalue weighted by Crippen LogP contribution is 2.30. The molecule has 1 aromatic rings. The second-order valence-electron chi connectivity index (χ2n) is 6.38. The number of aromatic nitrogens is 1. The van der Waals surface area contributed by atoms with Crippen LogP contribution >= 0.6 is 0 Å². The van der Waals surface area contributed by atoms with Gasteiger partial charge in [-0.3, -0.25) is 4.98 Å². The fourth-order valence-electron chi connectivity index (χ4n) is 3.20. The fourth-order valence-corrected chi connectivity index (χ4v) is 3.20. The third kappa shape index (κ3) is 4.31. The van der Waals surface area contributed by atoms with Gasteiger partial charge < -0.3 is 4.90 Å². The third-order valence-corrected chi connectivity index (χ3v) is 4.90. The van der Waals surface area contributed by atoms with Gasteiger partial charge in [0.2, 0.25) is 0 Å². The molecule has 0 bridgehead atoms. The lowest BCUT2D eigenvalue weighted by Crippen LogP contribution is -2.32. The van der Waals surface area contributed by atoms with E-state index in [4.69, 9.17) is 0 Å². The van der Waals surface area contributed by atoms with Crippen LogP contribution in [0.2, 0.25) is 0 Å². The maximum absolute atomic E-state index is 4.10. The molecule has 2 rings (SSSR count). The Hall–Kier alpha value is -0.890. The van der Waals surface area contributed by atoms with Gasteiger partial charge in [-0.05, 0) is 81.3 Å². The maximum Gasteiger partial charge on any atom is 0.0270 e. The molecule has 0 amide bonds. The van der Waals surface area contributed by atoms with E-state index in [2.05, 4.69) is 42.9 Å². The average molecular weight is 260 g/mol. The summed E-state index contributed by atoms with van der Waals surface area (Å²) in [7, 11) is 2.24. The van der Waals surface area contributed by atoms with Crippen LogP contribution in [-0.4, -0.2) is 30.0 Å². The largest absolute Gasteiger partial charge is 0.306 e. The van der Waals surface area contributed by atoms with E-state index in [1.165, 1.54) is 44.3 Å². The maximum atomic E-state index is 4.10. The minimum absolute atomic E-state index is 0.664. The van der Waals surface area contributed by atoms with E-state index in [1.54, 1.807) is 0 Å². The van der Waals surface area contributed by atoms with Crippen molar-refractivity contribution < 1.29 is 0 Å². The molecule has 0 N–H and O–H groups in total. The van der Waals surface area contributed by atoms with Crippen molar-refractivity contribution in [1.29, 1.82) is 0 Å². The Morgan fingerprint density at radius 3 is 2.42 bits per heavy atom. The van der Waals surface area contributed by atoms with Gasteiger partial charge in [0.05, 0.1) is 0 Å². The van der Waals surface area contributed by atoms with E-state index in [1.807, 2.05) is 12.4 Å². The van der Waals surface area contributed by atoms with Gasteiger partial charge in [0, 0.05) is 12.4 Å². The van der Waals surface area contributed by atoms with Gasteiger partial charge in [-0.1, -0.05) is 13.8 Å². The molecule has 1 saturated heterocycles. The van der Waals surface area contributed by atoms with Crippen LogP contribution in [0.1, 0.15) is 51.0 Å². The SMILES string of the molecule is CC(CCC(C)C1CCN(C)CC1)c1ccncc1. The van der Waals surface area contributed by atoms with E-state index in [0.717, 1.165) is 11.8 Å². The molecule has 2 heteroatoms. The molecule has 0 radical (unpaired) electrons. The Bertz CT molecular complexity index is 355. The van der Waals surface area contributed by atoms with E-state index >= 15 is 0 Å². The van der Waals surface area contributed by atoms with Gasteiger partial charge in [0.25, 0.3) is 0 Å². The van der Waals surface area contributed by atoms with Gasteiger partial charge in [0.15, 0.2) is 0 Å². The number of nitrogens with zero attached hydrogens (tertiary/aromatic N) is 2. The first kappa shape index (κ1) is 14.5. The molecule has 1 aliphatic heterocycles. The minimum Gasteiger partial charge on any atom is -0.306 e. The second kappa shape index (κ2) is 7.04. The first-order valence-corrected chi connectivity index (χ1v) is 7.75. The summed E-state index contributed by atoms with van der Waals surface area (Å²) >= 11 is 0. The fraction of sp³-hybridized carbons (Fsp3) is 0.706. The highest BCUT2D eigenvalue weighted by atomic mass is 15.1. The van der Waals surface area contributed by atoms with Crippen LogP contribution in [0.5, 0.6) is 0 Å². The van der Waals surface area contributed by atoms with E-state index in [9.17, 15) is 0 Å². The number of hydrogen-bond donors (Lipinski definition) is 0. The topological polar surface area (TPSA) is 16.1 Å². The van der Waals surface area contributed by atoms with Crippen LogP contribution < -0.4 is 0 Å². The molecule has 0 spiro atoms. The average Bonchev–Trinajstić information content (AvgIpc) is 2.46. The molecule has 1 aromatic heterocycles. The Balaban J connectivity index is 1.75. The zero-order valence-electron chi connectivity index (χ0n) is 12.7. The smallest absolute Gasteiger partial charge is 0.0270 e. The number of rotatable bonds is 5. The molecule has 0 aromatic carbocycles. The molecule has 1 fully saturated rings. The van der Waals surface area contributed by atoms with Gasteiger partial charge in [-0.2, -0.15) is 0 Å². The Labute approximate surface area is 118 Å². The molecule has 19 heavy (non-hydrogen) atoms. The number of likely N-dealkylation sites (tertiary alicyclic amines) is 1. The van der Waals surface area contributed by atoms with Crippen molar-refractivity contribution in [3.8, 4) is 0 Å². The number of pyridine rings is 1. The third-order valence-electron chi connectivity index (χ3n) is 4.90. The van der Waals surface area contributed by atoms with Crippen molar-refractivity contribution in [1.82, 2.24) is 9.88 Å². The standard InChI is InChI=1S/C17H28N2/c1-14(16-6-10-18-11-7-16)4-5-15(2)17-8-12-19(3)13-9-17/h6-7,10-11,14-15,17H,4-5,8-9,12-13H2,1-3H3. The van der Waals surface area contributed by atoms with Crippen molar-refractivity contribution in [3.63, 3.8) is 0 Å². The first-order chi connectivity index (χ1) is 9.16. The lowest BCUT2D eigenvalue weighted by Gasteiger charge is -2.33. The van der Waals surface area contributed by atoms with Gasteiger partial charge in [-0.25, -0.2) is 0 Å². The Kier molecular flexibility index (Phi) is 5.38. The van der Waals surface area contributed by atoms with Gasteiger partial charge in [0.1, 0.15) is 0 Å². The molecule has 2 heterocycles. The van der Waals surface area contributed by atoms with E-state index in [0.29, 0.717) is 5.92 Å². The van der Waals surface area contributed by atoms with Crippen molar-refractivity contribution >= 4 is 0 Å². The highest BCUT2D eigenvalue weighted by molar-refractivity contribution is 5.14. The van der Waals surface area contributed by atoms with Crippen LogP contribution in [-0.2, 0) is 0 Å². The minimum atomic E-state index is 0.664. The first-order valence-electron chi connectivity index (χ1n) is 7.75. The molecule has 2 nitrogen and oxygen atoms in total. The summed E-state index contributed by atoms with van der Waals surface area (Å²) in [6, 6.07) is 4.32. The van der Waals surface area contributed by atoms with Crippen molar-refractivity contribution in [2.45, 2.75) is 45.4 Å². The Morgan fingerprint density at radius 2 is 1.79 bits per heavy atom. The van der Waals surface area contributed by atoms with Crippen molar-refractivity contribution in [2.24, 2.45) is 11.8 Å². The molecule has 2 unspecified atom stereocenters. The molecule has 0 aliphatic carbocycles. The zero-order valence-corrected chi connectivity index (χ0v) is 12.7. The summed E-state index contributed by atoms with van der Waals surface area (Å²) in [5.74, 6) is 2.48. The predicted octanol–water partition coefficient (Wildman–Crippen LogP) is 3.94. The van der Waals surface area contributed by atoms with Crippen molar-refractivity contribution in [2.75, 3.05) is 20.1 Å². The summed E-state index contributed by atoms with van der Waals surface area (Å²) in [6.45, 7) is 7.37. The van der Waals surface area contributed by atoms with Crippen LogP contribution in [0.3, 0.4) is 0 Å². The number of hydrogen-bond acceptors (Lipinski definition) is 2. The number of piperidine rings is 1. The zero-order chi connectivity index (χ0) is 13.7. The monoisotopic (exact) mass is 260 g/mol. The summed E-state index contributed by atoms with van der Waals surface area (Å²) in [6.07, 6.45) is 9.26. The van der Waals surface area contributed by atoms with E-state index in [-0.39, 0.29) is 0 Å². The lowest BCUT2D eigenvalue weighted by molar-refractivity contribution is 0.170. The van der Waals surface area contributed by atoms with Crippen molar-refractivity contribution in [3.05, 3.63) is 30.1 Å². The van der Waals surface area contributed by atoms with Gasteiger partial charge >= 0.3 is 0 Å². The summed E-state index contributed by atoms with van der Waals surface area (Å²) in [5, 5.41) is 0. The summed E-state index contributed by atoms with van der Waals surface area (Å²) in [4.78, 5) is 6.56. The van der Waals surface area contributed by atoms with Crippen LogP contribution in [0.25, 0.3) is 0 Å². The molecule has 106 valence electrons. The molecular weight excluding hydrogens is 232 g/mol. The van der Waals surface area contributed by atoms with Gasteiger partial charge in [-0.15, -0.1) is 0 Å². The summed E-state index contributed by atoms with van der Waals surface area (Å²) in [5.41, 5.74) is 1.44. The normalized spacial score (nSPS) is 21.2. The molecule has 1 aliphatic rings. The molecule has 0 saturated carbocycles. The molecule has 2 atom stereocenters. The lowest BCUT2D eigenvalue weighted by atomic mass is 9.81. The van der Waals surface area contributed by atoms with Crippen LogP contribution in [0, 0.1) is 11.8 Å². The highest BCUT2D eigenvalue weighted by Gasteiger charge is 2.22. The van der Waals surface area contributed by atoms with Crippen LogP contribution in [0.15, 0.2) is 24.5 Å². The summed E-state index contributed by atoms with van der Waals surface area (Å²) < 4.78 is 0. The van der Waals surface area contributed by atoms with E-state index < -0.39 is 0 Å². The predicted molar refractivity (Wildman–Crippen MR) is 81.3 cm³/mol. The Morgan fingerprint density at radius 1 is 1.16 bits per heavy atom. The second-order valence-corrected chi connectivity index (χ2v) is 6.38. The molecular formula is C17H28N2. The quantitative estimate of drug-likeness (QED) is 0.797.